The Labute approximate surface area is 154 Å². The number of benzene rings is 2. The van der Waals surface area contributed by atoms with E-state index in [1.807, 2.05) is 4.98 Å². The molecule has 3 aromatic rings. The third-order valence-corrected chi connectivity index (χ3v) is 4.90. The number of halogens is 6. The highest BCUT2D eigenvalue weighted by molar-refractivity contribution is 7.90. The molecule has 28 heavy (non-hydrogen) atoms. The molecule has 0 unspecified atom stereocenters. The van der Waals surface area contributed by atoms with Gasteiger partial charge in [0.2, 0.25) is 5.82 Å². The summed E-state index contributed by atoms with van der Waals surface area (Å²) in [6.07, 6.45) is -4.33. The van der Waals surface area contributed by atoms with Crippen LogP contribution in [0.4, 0.5) is 26.3 Å². The summed E-state index contributed by atoms with van der Waals surface area (Å²) in [6, 6.07) is 5.47. The Hall–Kier alpha value is -2.82. The maximum atomic E-state index is 14.5. The van der Waals surface area contributed by atoms with Crippen molar-refractivity contribution in [3.05, 3.63) is 59.7 Å². The molecule has 4 nitrogen and oxygen atoms in total. The van der Waals surface area contributed by atoms with Crippen molar-refractivity contribution in [1.82, 2.24) is 9.97 Å². The van der Waals surface area contributed by atoms with Crippen LogP contribution in [0.25, 0.3) is 22.5 Å². The summed E-state index contributed by atoms with van der Waals surface area (Å²) in [4.78, 5) is 4.18. The number of nitrogens with zero attached hydrogens (tertiary/aromatic N) is 1. The topological polar surface area (TPSA) is 62.8 Å². The van der Waals surface area contributed by atoms with E-state index in [4.69, 9.17) is 0 Å². The van der Waals surface area contributed by atoms with Gasteiger partial charge >= 0.3 is 6.18 Å². The lowest BCUT2D eigenvalue weighted by Crippen LogP contribution is -2.07. The zero-order chi connectivity index (χ0) is 20.9. The molecule has 3 rings (SSSR count). The Morgan fingerprint density at radius 1 is 0.929 bits per heavy atom. The van der Waals surface area contributed by atoms with Crippen LogP contribution in [0, 0.1) is 17.5 Å². The third-order valence-electron chi connectivity index (χ3n) is 3.79. The van der Waals surface area contributed by atoms with Crippen molar-refractivity contribution in [2.45, 2.75) is 11.1 Å². The molecule has 1 heterocycles. The molecule has 2 aromatic carbocycles. The van der Waals surface area contributed by atoms with Crippen LogP contribution in [0.2, 0.25) is 0 Å². The van der Waals surface area contributed by atoms with Gasteiger partial charge < -0.3 is 4.98 Å². The fourth-order valence-electron chi connectivity index (χ4n) is 2.56. The average molecular weight is 420 g/mol. The van der Waals surface area contributed by atoms with Gasteiger partial charge in [-0.05, 0) is 24.3 Å². The Morgan fingerprint density at radius 3 is 2.14 bits per heavy atom. The number of hydrogen-bond acceptors (Lipinski definition) is 3. The normalized spacial score (nSPS) is 12.4. The van der Waals surface area contributed by atoms with Crippen LogP contribution in [-0.2, 0) is 16.0 Å². The minimum absolute atomic E-state index is 0.340. The smallest absolute Gasteiger partial charge is 0.334 e. The summed E-state index contributed by atoms with van der Waals surface area (Å²) in [5.74, 6) is -5.18. The van der Waals surface area contributed by atoms with Crippen molar-refractivity contribution in [3.8, 4) is 22.5 Å². The van der Waals surface area contributed by atoms with Crippen LogP contribution in [0.3, 0.4) is 0 Å². The van der Waals surface area contributed by atoms with Gasteiger partial charge in [0.05, 0.1) is 11.4 Å². The molecule has 11 heteroatoms. The third kappa shape index (κ3) is 3.61. The van der Waals surface area contributed by atoms with Gasteiger partial charge in [0.15, 0.2) is 9.84 Å². The summed E-state index contributed by atoms with van der Waals surface area (Å²) < 4.78 is 105. The summed E-state index contributed by atoms with van der Waals surface area (Å²) in [5.41, 5.74) is -2.35. The van der Waals surface area contributed by atoms with Gasteiger partial charge in [0, 0.05) is 17.4 Å². The van der Waals surface area contributed by atoms with Crippen LogP contribution < -0.4 is 0 Å². The number of hydrogen-bond donors (Lipinski definition) is 1. The van der Waals surface area contributed by atoms with Crippen LogP contribution in [0.5, 0.6) is 0 Å². The number of H-pyrrole nitrogens is 1. The van der Waals surface area contributed by atoms with Crippen LogP contribution >= 0.6 is 0 Å². The molecule has 0 radical (unpaired) electrons. The number of sulfone groups is 1. The lowest BCUT2D eigenvalue weighted by molar-refractivity contribution is -0.144. The van der Waals surface area contributed by atoms with E-state index >= 15 is 0 Å². The maximum absolute atomic E-state index is 14.5. The first-order valence-electron chi connectivity index (χ1n) is 7.51. The van der Waals surface area contributed by atoms with Crippen LogP contribution in [0.15, 0.2) is 41.3 Å². The van der Waals surface area contributed by atoms with E-state index < -0.39 is 61.1 Å². The second-order valence-corrected chi connectivity index (χ2v) is 7.81. The predicted molar refractivity (Wildman–Crippen MR) is 87.4 cm³/mol. The molecule has 0 spiro atoms. The van der Waals surface area contributed by atoms with Crippen molar-refractivity contribution in [2.75, 3.05) is 6.26 Å². The molecule has 148 valence electrons. The fourth-order valence-corrected chi connectivity index (χ4v) is 3.29. The van der Waals surface area contributed by atoms with Gasteiger partial charge in [-0.1, -0.05) is 12.1 Å². The average Bonchev–Trinajstić information content (AvgIpc) is 3.01. The van der Waals surface area contributed by atoms with Gasteiger partial charge in [-0.3, -0.25) is 0 Å². The van der Waals surface area contributed by atoms with Crippen molar-refractivity contribution < 1.29 is 34.8 Å². The van der Waals surface area contributed by atoms with E-state index in [-0.39, 0.29) is 5.56 Å². The molecule has 0 bridgehead atoms. The molecule has 1 aromatic heterocycles. The number of rotatable bonds is 3. The molecule has 0 atom stereocenters. The zero-order valence-electron chi connectivity index (χ0n) is 13.9. The highest BCUT2D eigenvalue weighted by atomic mass is 32.2. The van der Waals surface area contributed by atoms with Crippen molar-refractivity contribution in [2.24, 2.45) is 0 Å². The number of aromatic amines is 1. The van der Waals surface area contributed by atoms with E-state index in [1.54, 1.807) is 0 Å². The standard InChI is InChI=1S/C17H10F6N2O2S/c1-28(26,27)13-7-11(19)9(6-12(13)20)15-14(8-4-2-3-5-10(8)18)24-16(25-15)17(21,22)23/h2-7H,1H3,(H,24,25). The van der Waals surface area contributed by atoms with Gasteiger partial charge in [-0.15, -0.1) is 0 Å². The van der Waals surface area contributed by atoms with E-state index in [2.05, 4.69) is 4.98 Å². The summed E-state index contributed by atoms with van der Waals surface area (Å²) >= 11 is 0. The van der Waals surface area contributed by atoms with Crippen LogP contribution in [-0.4, -0.2) is 24.6 Å². The summed E-state index contributed by atoms with van der Waals surface area (Å²) in [7, 11) is -4.13. The molecular formula is C17H10F6N2O2S. The highest BCUT2D eigenvalue weighted by Crippen LogP contribution is 2.38. The lowest BCUT2D eigenvalue weighted by Gasteiger charge is -2.08. The molecule has 0 aliphatic heterocycles. The Morgan fingerprint density at radius 2 is 1.57 bits per heavy atom. The van der Waals surface area contributed by atoms with E-state index in [9.17, 15) is 34.8 Å². The highest BCUT2D eigenvalue weighted by Gasteiger charge is 2.37. The monoisotopic (exact) mass is 420 g/mol. The van der Waals surface area contributed by atoms with Crippen molar-refractivity contribution >= 4 is 9.84 Å². The zero-order valence-corrected chi connectivity index (χ0v) is 14.7. The number of imidazole rings is 1. The second kappa shape index (κ2) is 6.66. The first-order valence-corrected chi connectivity index (χ1v) is 9.40. The first-order chi connectivity index (χ1) is 12.9. The SMILES string of the molecule is CS(=O)(=O)c1cc(F)c(-c2nc(C(F)(F)F)[nH]c2-c2ccccc2F)cc1F. The molecule has 0 aliphatic carbocycles. The molecular weight excluding hydrogens is 410 g/mol. The van der Waals surface area contributed by atoms with E-state index in [0.29, 0.717) is 18.4 Å². The predicted octanol–water partition coefficient (Wildman–Crippen LogP) is 4.58. The molecule has 1 N–H and O–H groups in total. The number of nitrogens with one attached hydrogen (secondary N) is 1. The molecule has 0 amide bonds. The molecule has 0 saturated carbocycles. The largest absolute Gasteiger partial charge is 0.449 e. The van der Waals surface area contributed by atoms with E-state index in [1.165, 1.54) is 12.1 Å². The quantitative estimate of drug-likeness (QED) is 0.631. The maximum Gasteiger partial charge on any atom is 0.449 e. The van der Waals surface area contributed by atoms with Crippen LogP contribution in [0.1, 0.15) is 5.82 Å². The van der Waals surface area contributed by atoms with Gasteiger partial charge in [-0.2, -0.15) is 13.2 Å². The molecule has 0 saturated heterocycles. The number of aromatic nitrogens is 2. The Balaban J connectivity index is 2.32. The molecule has 0 fully saturated rings. The van der Waals surface area contributed by atoms with Crippen molar-refractivity contribution in [1.29, 1.82) is 0 Å². The Bertz CT molecular complexity index is 1170. The number of alkyl halides is 3. The van der Waals surface area contributed by atoms with Gasteiger partial charge in [0.1, 0.15) is 22.3 Å². The van der Waals surface area contributed by atoms with Gasteiger partial charge in [-0.25, -0.2) is 26.6 Å². The second-order valence-electron chi connectivity index (χ2n) is 5.82. The van der Waals surface area contributed by atoms with Gasteiger partial charge in [0.25, 0.3) is 0 Å². The summed E-state index contributed by atoms with van der Waals surface area (Å²) in [6.45, 7) is 0. The summed E-state index contributed by atoms with van der Waals surface area (Å²) in [5, 5.41) is 0. The minimum Gasteiger partial charge on any atom is -0.334 e. The fraction of sp³-hybridized carbons (Fsp3) is 0.118. The minimum atomic E-state index is -4.97. The Kier molecular flexibility index (Phi) is 4.74. The van der Waals surface area contributed by atoms with E-state index in [0.717, 1.165) is 12.1 Å². The van der Waals surface area contributed by atoms with Crippen molar-refractivity contribution in [3.63, 3.8) is 0 Å². The lowest BCUT2D eigenvalue weighted by atomic mass is 10.0. The first kappa shape index (κ1) is 19.9. The molecule has 0 aliphatic rings.